The second kappa shape index (κ2) is 7.25. The molecule has 8 nitrogen and oxygen atoms in total. The van der Waals surface area contributed by atoms with Gasteiger partial charge in [0.15, 0.2) is 11.6 Å². The summed E-state index contributed by atoms with van der Waals surface area (Å²) in [5, 5.41) is 2.98. The lowest BCUT2D eigenvalue weighted by atomic mass is 9.98. The second-order valence-electron chi connectivity index (χ2n) is 5.78. The third-order valence-electron chi connectivity index (χ3n) is 4.29. The highest BCUT2D eigenvalue weighted by molar-refractivity contribution is 5.98. The Labute approximate surface area is 146 Å². The van der Waals surface area contributed by atoms with E-state index < -0.39 is 0 Å². The largest absolute Gasteiger partial charge is 0.491 e. The number of carbonyl (C=O) groups excluding carboxylic acids is 1. The average molecular weight is 342 g/mol. The molecule has 1 saturated heterocycles. The molecule has 1 aliphatic rings. The fourth-order valence-corrected chi connectivity index (χ4v) is 2.90. The number of amides is 1. The second-order valence-corrected chi connectivity index (χ2v) is 5.78. The van der Waals surface area contributed by atoms with Gasteiger partial charge >= 0.3 is 0 Å². The van der Waals surface area contributed by atoms with Crippen molar-refractivity contribution in [1.82, 2.24) is 19.6 Å². The zero-order valence-corrected chi connectivity index (χ0v) is 14.3. The maximum Gasteiger partial charge on any atom is 0.227 e. The Balaban J connectivity index is 1.54. The van der Waals surface area contributed by atoms with Gasteiger partial charge in [0.1, 0.15) is 5.65 Å². The lowest BCUT2D eigenvalue weighted by Crippen LogP contribution is -2.56. The fraction of sp³-hybridized carbons (Fsp3) is 0.353. The van der Waals surface area contributed by atoms with Crippen LogP contribution in [0.2, 0.25) is 0 Å². The average Bonchev–Trinajstić information content (AvgIpc) is 3.01. The van der Waals surface area contributed by atoms with Gasteiger partial charge in [0, 0.05) is 32.5 Å². The Morgan fingerprint density at radius 2 is 2.32 bits per heavy atom. The summed E-state index contributed by atoms with van der Waals surface area (Å²) >= 11 is 0. The van der Waals surface area contributed by atoms with Crippen LogP contribution in [0.15, 0.2) is 47.5 Å². The molecule has 1 amide bonds. The number of likely N-dealkylation sites (tertiary alicyclic amines) is 1. The van der Waals surface area contributed by atoms with Crippen LogP contribution in [0.3, 0.4) is 0 Å². The van der Waals surface area contributed by atoms with Gasteiger partial charge in [-0.1, -0.05) is 6.07 Å². The van der Waals surface area contributed by atoms with E-state index in [0.717, 1.165) is 11.3 Å². The van der Waals surface area contributed by atoms with E-state index in [9.17, 15) is 4.79 Å². The Kier molecular flexibility index (Phi) is 4.87. The number of nitrogens with one attached hydrogen (secondary N) is 1. The van der Waals surface area contributed by atoms with Crippen molar-refractivity contribution >= 4 is 17.4 Å². The van der Waals surface area contributed by atoms with Crippen molar-refractivity contribution in [2.75, 3.05) is 27.2 Å². The first kappa shape index (κ1) is 16.8. The molecule has 3 N–H and O–H groups in total. The van der Waals surface area contributed by atoms with Crippen molar-refractivity contribution in [1.29, 1.82) is 0 Å². The molecule has 8 heteroatoms. The van der Waals surface area contributed by atoms with Gasteiger partial charge in [-0.2, -0.15) is 0 Å². The summed E-state index contributed by atoms with van der Waals surface area (Å²) in [4.78, 5) is 22.8. The molecule has 1 aliphatic heterocycles. The number of amidine groups is 1. The Bertz CT molecular complexity index is 819. The first-order valence-electron chi connectivity index (χ1n) is 8.04. The Morgan fingerprint density at radius 3 is 3.00 bits per heavy atom. The molecule has 3 heterocycles. The Morgan fingerprint density at radius 1 is 1.52 bits per heavy atom. The van der Waals surface area contributed by atoms with Crippen LogP contribution in [0.5, 0.6) is 0 Å². The number of methoxy groups -OCH3 is 1. The van der Waals surface area contributed by atoms with Gasteiger partial charge in [0.25, 0.3) is 0 Å². The van der Waals surface area contributed by atoms with Crippen LogP contribution in [-0.4, -0.2) is 53.3 Å². The molecule has 25 heavy (non-hydrogen) atoms. The lowest BCUT2D eigenvalue weighted by Gasteiger charge is -2.40. The van der Waals surface area contributed by atoms with Crippen LogP contribution in [0.25, 0.3) is 5.65 Å². The molecule has 0 saturated carbocycles. The summed E-state index contributed by atoms with van der Waals surface area (Å²) in [6.07, 6.45) is 5.09. The normalized spacial score (nSPS) is 16.0. The van der Waals surface area contributed by atoms with Crippen LogP contribution >= 0.6 is 0 Å². The topological polar surface area (TPSA) is 97.2 Å². The van der Waals surface area contributed by atoms with Crippen LogP contribution in [-0.2, 0) is 16.1 Å². The van der Waals surface area contributed by atoms with E-state index in [2.05, 4.69) is 15.3 Å². The SMILES string of the molecule is CN=C(C(=CN)OC)N1CC(C(=O)NCc2cnc3ccccn23)C1. The molecular weight excluding hydrogens is 320 g/mol. The number of fused-ring (bicyclic) bond motifs is 1. The van der Waals surface area contributed by atoms with Gasteiger partial charge in [-0.15, -0.1) is 0 Å². The van der Waals surface area contributed by atoms with Gasteiger partial charge in [0.05, 0.1) is 31.5 Å². The Hall–Kier alpha value is -3.03. The van der Waals surface area contributed by atoms with Crippen molar-refractivity contribution in [2.45, 2.75) is 6.54 Å². The van der Waals surface area contributed by atoms with Crippen molar-refractivity contribution in [3.63, 3.8) is 0 Å². The monoisotopic (exact) mass is 342 g/mol. The van der Waals surface area contributed by atoms with Crippen molar-refractivity contribution in [3.05, 3.63) is 48.2 Å². The number of nitrogens with two attached hydrogens (primary N) is 1. The summed E-state index contributed by atoms with van der Waals surface area (Å²) in [6.45, 7) is 1.62. The number of carbonyl (C=O) groups is 1. The van der Waals surface area contributed by atoms with Crippen molar-refractivity contribution in [2.24, 2.45) is 16.6 Å². The number of imidazole rings is 1. The first-order valence-corrected chi connectivity index (χ1v) is 8.04. The molecule has 0 spiro atoms. The quantitative estimate of drug-likeness (QED) is 0.464. The van der Waals surface area contributed by atoms with E-state index in [4.69, 9.17) is 10.5 Å². The zero-order chi connectivity index (χ0) is 17.8. The van der Waals surface area contributed by atoms with Gasteiger partial charge in [-0.25, -0.2) is 4.98 Å². The summed E-state index contributed by atoms with van der Waals surface area (Å²) < 4.78 is 7.16. The van der Waals surface area contributed by atoms with Crippen LogP contribution in [0.4, 0.5) is 0 Å². The predicted octanol–water partition coefficient (Wildman–Crippen LogP) is 0.357. The number of nitrogens with zero attached hydrogens (tertiary/aromatic N) is 4. The van der Waals surface area contributed by atoms with Gasteiger partial charge in [0.2, 0.25) is 5.91 Å². The number of rotatable bonds is 5. The number of aromatic nitrogens is 2. The van der Waals surface area contributed by atoms with Crippen LogP contribution in [0, 0.1) is 5.92 Å². The summed E-state index contributed by atoms with van der Waals surface area (Å²) in [7, 11) is 3.22. The number of hydrogen-bond donors (Lipinski definition) is 2. The molecule has 0 bridgehead atoms. The third-order valence-corrected chi connectivity index (χ3v) is 4.29. The molecule has 1 fully saturated rings. The molecule has 2 aromatic rings. The standard InChI is InChI=1S/C17H22N6O2/c1-19-16(14(7-18)25-2)22-10-12(11-22)17(24)21-9-13-8-20-15-5-3-4-6-23(13)15/h3-8,12H,9-11,18H2,1-2H3,(H,21,24). The third kappa shape index (κ3) is 3.28. The highest BCUT2D eigenvalue weighted by atomic mass is 16.5. The molecule has 0 radical (unpaired) electrons. The van der Waals surface area contributed by atoms with E-state index in [-0.39, 0.29) is 11.8 Å². The number of pyridine rings is 1. The molecule has 0 unspecified atom stereocenters. The van der Waals surface area contributed by atoms with Gasteiger partial charge in [-0.05, 0) is 12.1 Å². The summed E-state index contributed by atoms with van der Waals surface area (Å²) in [6, 6.07) is 5.80. The minimum absolute atomic E-state index is 0.0216. The molecule has 0 aromatic carbocycles. The van der Waals surface area contributed by atoms with Gasteiger partial charge in [-0.3, -0.25) is 9.79 Å². The predicted molar refractivity (Wildman–Crippen MR) is 94.7 cm³/mol. The maximum atomic E-state index is 12.3. The highest BCUT2D eigenvalue weighted by Gasteiger charge is 2.35. The molecule has 0 atom stereocenters. The van der Waals surface area contributed by atoms with E-state index in [0.29, 0.717) is 31.2 Å². The van der Waals surface area contributed by atoms with Crippen LogP contribution in [0.1, 0.15) is 5.69 Å². The summed E-state index contributed by atoms with van der Waals surface area (Å²) in [5.74, 6) is 1.11. The molecular formula is C17H22N6O2. The van der Waals surface area contributed by atoms with E-state index in [1.807, 2.05) is 33.7 Å². The molecule has 132 valence electrons. The van der Waals surface area contributed by atoms with E-state index in [1.54, 1.807) is 20.4 Å². The maximum absolute atomic E-state index is 12.3. The van der Waals surface area contributed by atoms with Crippen molar-refractivity contribution < 1.29 is 9.53 Å². The minimum atomic E-state index is -0.0770. The smallest absolute Gasteiger partial charge is 0.227 e. The van der Waals surface area contributed by atoms with Crippen LogP contribution < -0.4 is 11.1 Å². The lowest BCUT2D eigenvalue weighted by molar-refractivity contribution is -0.128. The van der Waals surface area contributed by atoms with Crippen molar-refractivity contribution in [3.8, 4) is 0 Å². The number of aliphatic imine (C=N–C) groups is 1. The zero-order valence-electron chi connectivity index (χ0n) is 14.3. The first-order chi connectivity index (χ1) is 12.2. The number of ether oxygens (including phenoxy) is 1. The molecule has 3 rings (SSSR count). The van der Waals surface area contributed by atoms with Gasteiger partial charge < -0.3 is 25.1 Å². The number of hydrogen-bond acceptors (Lipinski definition) is 5. The van der Waals surface area contributed by atoms with E-state index >= 15 is 0 Å². The molecule has 0 aliphatic carbocycles. The minimum Gasteiger partial charge on any atom is -0.491 e. The van der Waals surface area contributed by atoms with E-state index in [1.165, 1.54) is 6.20 Å². The summed E-state index contributed by atoms with van der Waals surface area (Å²) in [5.41, 5.74) is 7.35. The molecule has 2 aromatic heterocycles. The highest BCUT2D eigenvalue weighted by Crippen LogP contribution is 2.19. The fourth-order valence-electron chi connectivity index (χ4n) is 2.90.